The number of benzene rings is 4. The number of fused-ring (bicyclic) bond motifs is 1. The summed E-state index contributed by atoms with van der Waals surface area (Å²) in [5, 5.41) is 3.86. The van der Waals surface area contributed by atoms with E-state index in [0.717, 1.165) is 0 Å². The van der Waals surface area contributed by atoms with E-state index in [0.29, 0.717) is 0 Å². The van der Waals surface area contributed by atoms with Crippen LogP contribution in [0.25, 0.3) is 10.9 Å². The van der Waals surface area contributed by atoms with E-state index >= 15 is 0 Å². The van der Waals surface area contributed by atoms with Gasteiger partial charge in [-0.1, -0.05) is 127 Å². The van der Waals surface area contributed by atoms with Gasteiger partial charge in [-0.25, -0.2) is 0 Å². The molecule has 1 aliphatic heterocycles. The average molecular weight is 394 g/mol. The van der Waals surface area contributed by atoms with E-state index in [4.69, 9.17) is 11.8 Å². The molecule has 0 saturated heterocycles. The van der Waals surface area contributed by atoms with E-state index in [9.17, 15) is 0 Å². The SMILES string of the molecule is S=[P@]1(c2ccccc2)C(c2ccccc2)=C(c2ccccc2)c2ccccc21. The molecule has 4 aromatic carbocycles. The Kier molecular flexibility index (Phi) is 4.36. The third-order valence-corrected chi connectivity index (χ3v) is 10.3. The minimum absolute atomic E-state index is 1.23. The largest absolute Gasteiger partial charge is 0.0825 e. The fourth-order valence-corrected chi connectivity index (χ4v) is 8.79. The van der Waals surface area contributed by atoms with Gasteiger partial charge in [0.25, 0.3) is 0 Å². The number of hydrogen-bond donors (Lipinski definition) is 0. The Morgan fingerprint density at radius 2 is 1.00 bits per heavy atom. The molecular formula is C26H19PS. The Balaban J connectivity index is 1.94. The third kappa shape index (κ3) is 2.63. The zero-order chi connectivity index (χ0) is 19.0. The van der Waals surface area contributed by atoms with Crippen molar-refractivity contribution in [2.24, 2.45) is 0 Å². The minimum atomic E-state index is -2.15. The first-order chi connectivity index (χ1) is 13.8. The van der Waals surface area contributed by atoms with E-state index in [-0.39, 0.29) is 0 Å². The molecule has 5 rings (SSSR count). The van der Waals surface area contributed by atoms with E-state index < -0.39 is 6.04 Å². The van der Waals surface area contributed by atoms with Gasteiger partial charge in [0.05, 0.1) is 0 Å². The van der Waals surface area contributed by atoms with Gasteiger partial charge in [0.1, 0.15) is 0 Å². The Labute approximate surface area is 171 Å². The molecule has 1 aliphatic rings. The molecule has 0 nitrogen and oxygen atoms in total. The first kappa shape index (κ1) is 17.4. The van der Waals surface area contributed by atoms with Gasteiger partial charge < -0.3 is 0 Å². The van der Waals surface area contributed by atoms with Crippen LogP contribution in [0.1, 0.15) is 16.7 Å². The molecule has 0 amide bonds. The first-order valence-electron chi connectivity index (χ1n) is 9.41. The van der Waals surface area contributed by atoms with Crippen LogP contribution in [0.15, 0.2) is 115 Å². The van der Waals surface area contributed by atoms with Crippen LogP contribution in [0, 0.1) is 0 Å². The van der Waals surface area contributed by atoms with E-state index in [2.05, 4.69) is 115 Å². The van der Waals surface area contributed by atoms with Crippen LogP contribution in [-0.2, 0) is 11.8 Å². The van der Waals surface area contributed by atoms with Gasteiger partial charge in [0.2, 0.25) is 0 Å². The molecule has 0 radical (unpaired) electrons. The maximum Gasteiger partial charge on any atom is 0.0397 e. The van der Waals surface area contributed by atoms with Crippen LogP contribution in [0.4, 0.5) is 0 Å². The second-order valence-corrected chi connectivity index (χ2v) is 11.2. The molecule has 134 valence electrons. The summed E-state index contributed by atoms with van der Waals surface area (Å²) in [5.41, 5.74) is 5.02. The topological polar surface area (TPSA) is 0 Å². The van der Waals surface area contributed by atoms with Crippen molar-refractivity contribution in [1.82, 2.24) is 0 Å². The monoisotopic (exact) mass is 394 g/mol. The van der Waals surface area contributed by atoms with Gasteiger partial charge in [-0.3, -0.25) is 0 Å². The molecule has 28 heavy (non-hydrogen) atoms. The van der Waals surface area contributed by atoms with Crippen molar-refractivity contribution >= 4 is 39.3 Å². The first-order valence-corrected chi connectivity index (χ1v) is 12.2. The lowest BCUT2D eigenvalue weighted by molar-refractivity contribution is 1.58. The second kappa shape index (κ2) is 7.02. The van der Waals surface area contributed by atoms with Gasteiger partial charge in [0.15, 0.2) is 0 Å². The molecule has 4 aromatic rings. The van der Waals surface area contributed by atoms with Crippen molar-refractivity contribution in [1.29, 1.82) is 0 Å². The molecule has 0 spiro atoms. The lowest BCUT2D eigenvalue weighted by Gasteiger charge is -2.23. The third-order valence-electron chi connectivity index (χ3n) is 5.29. The van der Waals surface area contributed by atoms with E-state index in [1.807, 2.05) is 0 Å². The smallest absolute Gasteiger partial charge is 0.0397 e. The summed E-state index contributed by atoms with van der Waals surface area (Å²) < 4.78 is 0. The van der Waals surface area contributed by atoms with Gasteiger partial charge in [-0.2, -0.15) is 0 Å². The summed E-state index contributed by atoms with van der Waals surface area (Å²) in [6.45, 7) is 0. The number of rotatable bonds is 3. The lowest BCUT2D eigenvalue weighted by atomic mass is 9.96. The summed E-state index contributed by atoms with van der Waals surface area (Å²) in [7, 11) is 0. The van der Waals surface area contributed by atoms with Gasteiger partial charge in [0, 0.05) is 16.7 Å². The van der Waals surface area contributed by atoms with Crippen LogP contribution >= 0.6 is 6.04 Å². The summed E-state index contributed by atoms with van der Waals surface area (Å²) in [6, 6.07) is 38.6. The molecule has 1 heterocycles. The quantitative estimate of drug-likeness (QED) is 0.381. The normalized spacial score (nSPS) is 18.1. The summed E-state index contributed by atoms with van der Waals surface area (Å²) >= 11 is 6.62. The highest BCUT2D eigenvalue weighted by Crippen LogP contribution is 2.65. The van der Waals surface area contributed by atoms with E-state index in [1.54, 1.807) is 0 Å². The standard InChI is InChI=1S/C26H19PS/c28-27(22-16-8-3-9-17-22)24-19-11-10-18-23(24)25(20-12-4-1-5-13-20)26(27)21-14-6-2-7-15-21/h1-19H/t27-/m0/s1. The molecule has 0 aliphatic carbocycles. The van der Waals surface area contributed by atoms with Crippen molar-refractivity contribution in [3.63, 3.8) is 0 Å². The van der Waals surface area contributed by atoms with E-state index in [1.165, 1.54) is 38.2 Å². The minimum Gasteiger partial charge on any atom is -0.0825 e. The predicted molar refractivity (Wildman–Crippen MR) is 125 cm³/mol. The Morgan fingerprint density at radius 1 is 0.500 bits per heavy atom. The Hall–Kier alpha value is -2.73. The zero-order valence-corrected chi connectivity index (χ0v) is 17.0. The fourth-order valence-electron chi connectivity index (χ4n) is 4.09. The number of hydrogen-bond acceptors (Lipinski definition) is 1. The van der Waals surface area contributed by atoms with Gasteiger partial charge >= 0.3 is 0 Å². The van der Waals surface area contributed by atoms with Crippen LogP contribution < -0.4 is 10.6 Å². The summed E-state index contributed by atoms with van der Waals surface area (Å²) in [5.74, 6) is 0. The Bertz CT molecular complexity index is 1210. The van der Waals surface area contributed by atoms with Crippen molar-refractivity contribution < 1.29 is 0 Å². The Morgan fingerprint density at radius 3 is 1.64 bits per heavy atom. The molecule has 0 saturated carbocycles. The van der Waals surface area contributed by atoms with Crippen LogP contribution in [0.3, 0.4) is 0 Å². The van der Waals surface area contributed by atoms with Crippen molar-refractivity contribution in [2.75, 3.05) is 0 Å². The molecule has 0 unspecified atom stereocenters. The van der Waals surface area contributed by atoms with Crippen LogP contribution in [-0.4, -0.2) is 0 Å². The van der Waals surface area contributed by atoms with Gasteiger partial charge in [-0.05, 0) is 27.6 Å². The summed E-state index contributed by atoms with van der Waals surface area (Å²) in [6.07, 6.45) is 0. The average Bonchev–Trinajstić information content (AvgIpc) is 3.06. The second-order valence-electron chi connectivity index (χ2n) is 6.92. The molecule has 0 N–H and O–H groups in total. The highest BCUT2D eigenvalue weighted by atomic mass is 32.4. The lowest BCUT2D eigenvalue weighted by Crippen LogP contribution is -2.15. The predicted octanol–water partition coefficient (Wildman–Crippen LogP) is 6.05. The highest BCUT2D eigenvalue weighted by Gasteiger charge is 2.39. The van der Waals surface area contributed by atoms with Crippen molar-refractivity contribution in [3.05, 3.63) is 132 Å². The summed E-state index contributed by atoms with van der Waals surface area (Å²) in [4.78, 5) is 0. The van der Waals surface area contributed by atoms with Crippen molar-refractivity contribution in [2.45, 2.75) is 0 Å². The molecule has 0 fully saturated rings. The molecule has 0 aromatic heterocycles. The van der Waals surface area contributed by atoms with Gasteiger partial charge in [-0.15, -0.1) is 0 Å². The van der Waals surface area contributed by atoms with Crippen molar-refractivity contribution in [3.8, 4) is 0 Å². The fraction of sp³-hybridized carbons (Fsp3) is 0. The maximum atomic E-state index is 6.62. The maximum absolute atomic E-state index is 6.62. The van der Waals surface area contributed by atoms with Crippen LogP contribution in [0.5, 0.6) is 0 Å². The zero-order valence-electron chi connectivity index (χ0n) is 15.3. The molecule has 1 atom stereocenters. The molecule has 2 heteroatoms. The molecule has 0 bridgehead atoms. The van der Waals surface area contributed by atoms with Crippen LogP contribution in [0.2, 0.25) is 0 Å². The molecular weight excluding hydrogens is 375 g/mol. The highest BCUT2D eigenvalue weighted by molar-refractivity contribution is 8.27.